The van der Waals surface area contributed by atoms with Crippen LogP contribution in [0.5, 0.6) is 0 Å². The van der Waals surface area contributed by atoms with E-state index in [0.717, 1.165) is 5.56 Å². The lowest BCUT2D eigenvalue weighted by Crippen LogP contribution is -2.13. The molecule has 0 spiro atoms. The summed E-state index contributed by atoms with van der Waals surface area (Å²) in [5.41, 5.74) is 7.15. The quantitative estimate of drug-likeness (QED) is 0.843. The molecular weight excluding hydrogens is 319 g/mol. The van der Waals surface area contributed by atoms with E-state index >= 15 is 0 Å². The maximum absolute atomic E-state index is 12.3. The largest absolute Gasteiger partial charge is 0.399 e. The van der Waals surface area contributed by atoms with Crippen molar-refractivity contribution >= 4 is 44.6 Å². The van der Waals surface area contributed by atoms with Gasteiger partial charge in [0.2, 0.25) is 0 Å². The highest BCUT2D eigenvalue weighted by atomic mass is 35.5. The topological polar surface area (TPSA) is 72.2 Å². The molecule has 3 N–H and O–H groups in total. The van der Waals surface area contributed by atoms with E-state index in [2.05, 4.69) is 4.72 Å². The molecule has 7 heteroatoms. The van der Waals surface area contributed by atoms with E-state index in [-0.39, 0.29) is 9.92 Å². The Labute approximate surface area is 127 Å². The van der Waals surface area contributed by atoms with Crippen LogP contribution in [0.2, 0.25) is 10.0 Å². The molecule has 0 aromatic heterocycles. The van der Waals surface area contributed by atoms with E-state index in [1.165, 1.54) is 30.3 Å². The number of hydrogen-bond acceptors (Lipinski definition) is 3. The van der Waals surface area contributed by atoms with Crippen molar-refractivity contribution in [2.24, 2.45) is 0 Å². The molecular formula is C13H12Cl2N2O2S. The van der Waals surface area contributed by atoms with E-state index in [9.17, 15) is 8.42 Å². The third-order valence-electron chi connectivity index (χ3n) is 2.56. The molecule has 0 unspecified atom stereocenters. The van der Waals surface area contributed by atoms with Crippen molar-refractivity contribution in [3.63, 3.8) is 0 Å². The number of aryl methyl sites for hydroxylation is 1. The Morgan fingerprint density at radius 1 is 1.05 bits per heavy atom. The summed E-state index contributed by atoms with van der Waals surface area (Å²) in [5.74, 6) is 0. The van der Waals surface area contributed by atoms with Gasteiger partial charge in [0.1, 0.15) is 0 Å². The number of benzene rings is 2. The van der Waals surface area contributed by atoms with Crippen LogP contribution >= 0.6 is 23.2 Å². The molecule has 2 aromatic rings. The van der Waals surface area contributed by atoms with Gasteiger partial charge >= 0.3 is 0 Å². The second-order valence-electron chi connectivity index (χ2n) is 4.31. The van der Waals surface area contributed by atoms with Gasteiger partial charge < -0.3 is 5.73 Å². The van der Waals surface area contributed by atoms with Crippen molar-refractivity contribution in [1.29, 1.82) is 0 Å². The Morgan fingerprint density at radius 3 is 2.35 bits per heavy atom. The minimum Gasteiger partial charge on any atom is -0.399 e. The molecule has 0 amide bonds. The lowest BCUT2D eigenvalue weighted by molar-refractivity contribution is 0.601. The van der Waals surface area contributed by atoms with E-state index in [4.69, 9.17) is 28.9 Å². The van der Waals surface area contributed by atoms with E-state index in [0.29, 0.717) is 16.4 Å². The summed E-state index contributed by atoms with van der Waals surface area (Å²) in [6, 6.07) is 9.12. The number of nitrogens with two attached hydrogens (primary N) is 1. The SMILES string of the molecule is Cc1cc(N)cc(S(=O)(=O)Nc2ccc(Cl)c(Cl)c2)c1. The van der Waals surface area contributed by atoms with Gasteiger partial charge in [0.15, 0.2) is 0 Å². The van der Waals surface area contributed by atoms with Gasteiger partial charge in [-0.3, -0.25) is 4.72 Å². The molecule has 0 saturated heterocycles. The maximum atomic E-state index is 12.3. The molecule has 0 aliphatic rings. The zero-order valence-corrected chi connectivity index (χ0v) is 12.9. The monoisotopic (exact) mass is 330 g/mol. The fraction of sp³-hybridized carbons (Fsp3) is 0.0769. The summed E-state index contributed by atoms with van der Waals surface area (Å²) in [6.45, 7) is 1.77. The first-order valence-electron chi connectivity index (χ1n) is 5.63. The van der Waals surface area contributed by atoms with Crippen molar-refractivity contribution in [3.05, 3.63) is 52.0 Å². The summed E-state index contributed by atoms with van der Waals surface area (Å²) in [4.78, 5) is 0.0982. The maximum Gasteiger partial charge on any atom is 0.261 e. The zero-order chi connectivity index (χ0) is 14.9. The third-order valence-corrected chi connectivity index (χ3v) is 4.66. The highest BCUT2D eigenvalue weighted by molar-refractivity contribution is 7.92. The number of nitrogen functional groups attached to an aromatic ring is 1. The summed E-state index contributed by atoms with van der Waals surface area (Å²) < 4.78 is 26.9. The van der Waals surface area contributed by atoms with Crippen molar-refractivity contribution in [2.45, 2.75) is 11.8 Å². The van der Waals surface area contributed by atoms with E-state index in [1.807, 2.05) is 0 Å². The fourth-order valence-electron chi connectivity index (χ4n) is 1.71. The molecule has 0 heterocycles. The fourth-order valence-corrected chi connectivity index (χ4v) is 3.19. The Hall–Kier alpha value is -1.43. The lowest BCUT2D eigenvalue weighted by Gasteiger charge is -2.10. The summed E-state index contributed by atoms with van der Waals surface area (Å²) in [7, 11) is -3.72. The molecule has 0 bridgehead atoms. The molecule has 2 aromatic carbocycles. The summed E-state index contributed by atoms with van der Waals surface area (Å²) >= 11 is 11.6. The first-order valence-corrected chi connectivity index (χ1v) is 7.87. The third kappa shape index (κ3) is 3.36. The molecule has 0 aliphatic carbocycles. The molecule has 106 valence electrons. The first-order chi connectivity index (χ1) is 9.28. The number of rotatable bonds is 3. The molecule has 4 nitrogen and oxygen atoms in total. The van der Waals surface area contributed by atoms with E-state index < -0.39 is 10.0 Å². The Balaban J connectivity index is 2.37. The molecule has 0 atom stereocenters. The van der Waals surface area contributed by atoms with Gasteiger partial charge in [-0.05, 0) is 48.9 Å². The zero-order valence-electron chi connectivity index (χ0n) is 10.5. The van der Waals surface area contributed by atoms with Gasteiger partial charge in [0.05, 0.1) is 20.6 Å². The van der Waals surface area contributed by atoms with Crippen molar-refractivity contribution in [2.75, 3.05) is 10.5 Å². The van der Waals surface area contributed by atoms with Gasteiger partial charge in [-0.2, -0.15) is 0 Å². The normalized spacial score (nSPS) is 11.3. The number of anilines is 2. The minimum atomic E-state index is -3.72. The molecule has 20 heavy (non-hydrogen) atoms. The standard InChI is InChI=1S/C13H12Cl2N2O2S/c1-8-4-9(16)6-11(5-8)20(18,19)17-10-2-3-12(14)13(15)7-10/h2-7,17H,16H2,1H3. The van der Waals surface area contributed by atoms with Gasteiger partial charge in [-0.15, -0.1) is 0 Å². The van der Waals surface area contributed by atoms with Crippen LogP contribution in [0.4, 0.5) is 11.4 Å². The van der Waals surface area contributed by atoms with Gasteiger partial charge in [0, 0.05) is 5.69 Å². The Bertz CT molecular complexity index is 741. The number of sulfonamides is 1. The average Bonchev–Trinajstić information content (AvgIpc) is 2.32. The molecule has 0 aliphatic heterocycles. The minimum absolute atomic E-state index is 0.0982. The van der Waals surface area contributed by atoms with Crippen molar-refractivity contribution < 1.29 is 8.42 Å². The van der Waals surface area contributed by atoms with Crippen LogP contribution in [0, 0.1) is 6.92 Å². The Morgan fingerprint density at radius 2 is 1.75 bits per heavy atom. The van der Waals surface area contributed by atoms with Gasteiger partial charge in [-0.25, -0.2) is 8.42 Å². The van der Waals surface area contributed by atoms with Gasteiger partial charge in [-0.1, -0.05) is 23.2 Å². The van der Waals surface area contributed by atoms with Crippen LogP contribution in [0.15, 0.2) is 41.3 Å². The van der Waals surface area contributed by atoms with Gasteiger partial charge in [0.25, 0.3) is 10.0 Å². The smallest absolute Gasteiger partial charge is 0.261 e. The second kappa shape index (κ2) is 5.52. The first kappa shape index (κ1) is 15.0. The van der Waals surface area contributed by atoms with Crippen molar-refractivity contribution in [1.82, 2.24) is 0 Å². The molecule has 2 rings (SSSR count). The van der Waals surface area contributed by atoms with Crippen molar-refractivity contribution in [3.8, 4) is 0 Å². The predicted molar refractivity (Wildman–Crippen MR) is 82.9 cm³/mol. The molecule has 0 radical (unpaired) electrons. The average molecular weight is 331 g/mol. The van der Waals surface area contributed by atoms with Crippen LogP contribution in [0.1, 0.15) is 5.56 Å². The molecule has 0 fully saturated rings. The number of halogens is 2. The number of nitrogens with one attached hydrogen (secondary N) is 1. The highest BCUT2D eigenvalue weighted by Crippen LogP contribution is 2.27. The molecule has 0 saturated carbocycles. The highest BCUT2D eigenvalue weighted by Gasteiger charge is 2.15. The summed E-state index contributed by atoms with van der Waals surface area (Å²) in [6.07, 6.45) is 0. The predicted octanol–water partition coefficient (Wildman–Crippen LogP) is 3.68. The summed E-state index contributed by atoms with van der Waals surface area (Å²) in [5, 5.41) is 0.630. The van der Waals surface area contributed by atoms with Crippen LogP contribution in [0.25, 0.3) is 0 Å². The van der Waals surface area contributed by atoms with E-state index in [1.54, 1.807) is 13.0 Å². The second-order valence-corrected chi connectivity index (χ2v) is 6.81. The van der Waals surface area contributed by atoms with Crippen LogP contribution < -0.4 is 10.5 Å². The number of hydrogen-bond donors (Lipinski definition) is 2. The van der Waals surface area contributed by atoms with Crippen LogP contribution in [-0.4, -0.2) is 8.42 Å². The Kier molecular flexibility index (Phi) is 4.13. The lowest BCUT2D eigenvalue weighted by atomic mass is 10.2. The van der Waals surface area contributed by atoms with Crippen LogP contribution in [0.3, 0.4) is 0 Å². The van der Waals surface area contributed by atoms with Crippen LogP contribution in [-0.2, 0) is 10.0 Å².